The maximum atomic E-state index is 11.6. The molecule has 108 valence electrons. The molecule has 1 aromatic carbocycles. The fourth-order valence-corrected chi connectivity index (χ4v) is 2.65. The molecule has 0 fully saturated rings. The molecule has 0 saturated carbocycles. The number of imidazole rings is 1. The van der Waals surface area contributed by atoms with E-state index in [2.05, 4.69) is 15.2 Å². The molecule has 0 N–H and O–H groups in total. The van der Waals surface area contributed by atoms with Gasteiger partial charge in [-0.2, -0.15) is 5.10 Å². The average molecular weight is 304 g/mol. The quantitative estimate of drug-likeness (QED) is 0.722. The van der Waals surface area contributed by atoms with E-state index < -0.39 is 9.84 Å². The monoisotopic (exact) mass is 304 g/mol. The van der Waals surface area contributed by atoms with Crippen molar-refractivity contribution in [1.29, 1.82) is 0 Å². The van der Waals surface area contributed by atoms with Crippen LogP contribution in [0.1, 0.15) is 0 Å². The van der Waals surface area contributed by atoms with Crippen LogP contribution in [0.15, 0.2) is 41.8 Å². The molecule has 8 heteroatoms. The molecule has 0 amide bonds. The Balaban J connectivity index is 2.17. The van der Waals surface area contributed by atoms with Crippen LogP contribution in [0.3, 0.4) is 0 Å². The van der Waals surface area contributed by atoms with Gasteiger partial charge >= 0.3 is 0 Å². The summed E-state index contributed by atoms with van der Waals surface area (Å²) in [5.74, 6) is 0.447. The fourth-order valence-electron chi connectivity index (χ4n) is 2.01. The lowest BCUT2D eigenvalue weighted by molar-refractivity contribution is 0.415. The first kappa shape index (κ1) is 13.5. The Morgan fingerprint density at radius 1 is 1.24 bits per heavy atom. The molecule has 0 radical (unpaired) electrons. The number of benzene rings is 1. The topological polar surface area (TPSA) is 86.5 Å². The van der Waals surface area contributed by atoms with Gasteiger partial charge in [-0.15, -0.1) is 5.10 Å². The molecule has 0 atom stereocenters. The number of fused-ring (bicyclic) bond motifs is 1. The highest BCUT2D eigenvalue weighted by Gasteiger charge is 2.14. The third-order valence-corrected chi connectivity index (χ3v) is 4.16. The van der Waals surface area contributed by atoms with Crippen LogP contribution in [-0.2, 0) is 9.84 Å². The van der Waals surface area contributed by atoms with Gasteiger partial charge in [-0.1, -0.05) is 0 Å². The van der Waals surface area contributed by atoms with Gasteiger partial charge in [0.05, 0.1) is 23.9 Å². The summed E-state index contributed by atoms with van der Waals surface area (Å²) in [5.41, 5.74) is 2.00. The van der Waals surface area contributed by atoms with Gasteiger partial charge in [0.1, 0.15) is 12.1 Å². The van der Waals surface area contributed by atoms with Crippen molar-refractivity contribution in [3.63, 3.8) is 0 Å². The van der Waals surface area contributed by atoms with E-state index in [1.54, 1.807) is 29.2 Å². The van der Waals surface area contributed by atoms with Crippen molar-refractivity contribution in [2.75, 3.05) is 13.4 Å². The van der Waals surface area contributed by atoms with Gasteiger partial charge in [-0.3, -0.25) is 4.40 Å². The van der Waals surface area contributed by atoms with Crippen molar-refractivity contribution in [3.8, 4) is 17.0 Å². The lowest BCUT2D eigenvalue weighted by atomic mass is 10.1. The SMILES string of the molecule is COc1cc(S(C)(=O)=O)ccc1-c1cn2cnncc2n1. The Hall–Kier alpha value is -2.48. The minimum Gasteiger partial charge on any atom is -0.496 e. The Bertz CT molecular complexity index is 885. The summed E-state index contributed by atoms with van der Waals surface area (Å²) in [7, 11) is -1.79. The number of nitrogens with zero attached hydrogens (tertiary/aromatic N) is 4. The van der Waals surface area contributed by atoms with Gasteiger partial charge in [0, 0.05) is 18.0 Å². The summed E-state index contributed by atoms with van der Waals surface area (Å²) in [6, 6.07) is 4.71. The summed E-state index contributed by atoms with van der Waals surface area (Å²) in [5, 5.41) is 7.54. The van der Waals surface area contributed by atoms with Crippen molar-refractivity contribution in [3.05, 3.63) is 36.9 Å². The van der Waals surface area contributed by atoms with Crippen LogP contribution < -0.4 is 4.74 Å². The Morgan fingerprint density at radius 2 is 2.05 bits per heavy atom. The molecule has 0 aliphatic carbocycles. The molecule has 0 bridgehead atoms. The molecule has 0 aliphatic heterocycles. The molecule has 0 spiro atoms. The molecule has 0 aliphatic rings. The third kappa shape index (κ3) is 2.45. The smallest absolute Gasteiger partial charge is 0.175 e. The molecule has 2 aromatic heterocycles. The first-order valence-corrected chi connectivity index (χ1v) is 7.92. The highest BCUT2D eigenvalue weighted by molar-refractivity contribution is 7.90. The van der Waals surface area contributed by atoms with E-state index in [-0.39, 0.29) is 4.90 Å². The zero-order valence-electron chi connectivity index (χ0n) is 11.4. The minimum absolute atomic E-state index is 0.204. The zero-order chi connectivity index (χ0) is 15.0. The van der Waals surface area contributed by atoms with E-state index in [1.807, 2.05) is 0 Å². The zero-order valence-corrected chi connectivity index (χ0v) is 12.2. The number of aromatic nitrogens is 4. The maximum absolute atomic E-state index is 11.6. The first-order chi connectivity index (χ1) is 9.99. The van der Waals surface area contributed by atoms with Crippen LogP contribution in [0, 0.1) is 0 Å². The maximum Gasteiger partial charge on any atom is 0.175 e. The predicted molar refractivity (Wildman–Crippen MR) is 75.9 cm³/mol. The van der Waals surface area contributed by atoms with E-state index in [4.69, 9.17) is 4.74 Å². The summed E-state index contributed by atoms with van der Waals surface area (Å²) in [6.07, 6.45) is 6.02. The minimum atomic E-state index is -3.28. The van der Waals surface area contributed by atoms with Crippen molar-refractivity contribution in [1.82, 2.24) is 19.6 Å². The second kappa shape index (κ2) is 4.81. The molecular formula is C13H12N4O3S. The van der Waals surface area contributed by atoms with Crippen molar-refractivity contribution < 1.29 is 13.2 Å². The number of hydrogen-bond acceptors (Lipinski definition) is 6. The van der Waals surface area contributed by atoms with Gasteiger partial charge < -0.3 is 4.74 Å². The summed E-state index contributed by atoms with van der Waals surface area (Å²) in [4.78, 5) is 4.62. The second-order valence-electron chi connectivity index (χ2n) is 4.50. The Morgan fingerprint density at radius 3 is 2.71 bits per heavy atom. The van der Waals surface area contributed by atoms with E-state index in [0.29, 0.717) is 22.7 Å². The van der Waals surface area contributed by atoms with E-state index >= 15 is 0 Å². The molecular weight excluding hydrogens is 292 g/mol. The van der Waals surface area contributed by atoms with Gasteiger partial charge in [0.2, 0.25) is 0 Å². The number of rotatable bonds is 3. The van der Waals surface area contributed by atoms with Crippen LogP contribution >= 0.6 is 0 Å². The lowest BCUT2D eigenvalue weighted by Crippen LogP contribution is -1.98. The van der Waals surface area contributed by atoms with Crippen LogP contribution in [0.5, 0.6) is 5.75 Å². The second-order valence-corrected chi connectivity index (χ2v) is 6.52. The number of sulfone groups is 1. The molecule has 3 aromatic rings. The molecule has 7 nitrogen and oxygen atoms in total. The normalized spacial score (nSPS) is 11.7. The molecule has 3 rings (SSSR count). The summed E-state index contributed by atoms with van der Waals surface area (Å²) in [6.45, 7) is 0. The van der Waals surface area contributed by atoms with Crippen LogP contribution in [-0.4, -0.2) is 41.4 Å². The molecule has 2 heterocycles. The molecule has 21 heavy (non-hydrogen) atoms. The number of ether oxygens (including phenoxy) is 1. The van der Waals surface area contributed by atoms with Crippen molar-refractivity contribution >= 4 is 15.5 Å². The predicted octanol–water partition coefficient (Wildman–Crippen LogP) is 1.20. The van der Waals surface area contributed by atoms with Gasteiger partial charge in [-0.05, 0) is 18.2 Å². The highest BCUT2D eigenvalue weighted by Crippen LogP contribution is 2.31. The number of methoxy groups -OCH3 is 1. The standard InChI is InChI=1S/C13H12N4O3S/c1-20-12-5-9(21(2,18)19)3-4-10(12)11-7-17-8-15-14-6-13(17)16-11/h3-8H,1-2H3. The summed E-state index contributed by atoms with van der Waals surface area (Å²) < 4.78 is 30.2. The van der Waals surface area contributed by atoms with Crippen LogP contribution in [0.2, 0.25) is 0 Å². The molecule has 0 saturated heterocycles. The van der Waals surface area contributed by atoms with E-state index in [0.717, 1.165) is 6.26 Å². The fraction of sp³-hybridized carbons (Fsp3) is 0.154. The third-order valence-electron chi connectivity index (χ3n) is 3.05. The van der Waals surface area contributed by atoms with E-state index in [1.165, 1.54) is 19.2 Å². The van der Waals surface area contributed by atoms with Gasteiger partial charge in [-0.25, -0.2) is 13.4 Å². The van der Waals surface area contributed by atoms with Crippen molar-refractivity contribution in [2.24, 2.45) is 0 Å². The average Bonchev–Trinajstić information content (AvgIpc) is 2.89. The van der Waals surface area contributed by atoms with Crippen LogP contribution in [0.25, 0.3) is 16.9 Å². The Labute approximate surface area is 121 Å². The summed E-state index contributed by atoms with van der Waals surface area (Å²) >= 11 is 0. The lowest BCUT2D eigenvalue weighted by Gasteiger charge is -2.08. The highest BCUT2D eigenvalue weighted by atomic mass is 32.2. The van der Waals surface area contributed by atoms with E-state index in [9.17, 15) is 8.42 Å². The van der Waals surface area contributed by atoms with Gasteiger partial charge in [0.25, 0.3) is 0 Å². The molecule has 0 unspecified atom stereocenters. The first-order valence-electron chi connectivity index (χ1n) is 6.03. The van der Waals surface area contributed by atoms with Gasteiger partial charge in [0.15, 0.2) is 15.5 Å². The Kier molecular flexibility index (Phi) is 3.09. The largest absolute Gasteiger partial charge is 0.496 e. The van der Waals surface area contributed by atoms with Crippen LogP contribution in [0.4, 0.5) is 0 Å². The number of hydrogen-bond donors (Lipinski definition) is 0. The van der Waals surface area contributed by atoms with Crippen molar-refractivity contribution in [2.45, 2.75) is 4.90 Å².